The molecule has 138 valence electrons. The fraction of sp³-hybridized carbons (Fsp3) is 0.471. The van der Waals surface area contributed by atoms with Gasteiger partial charge in [0.2, 0.25) is 5.91 Å². The van der Waals surface area contributed by atoms with Crippen LogP contribution in [0.1, 0.15) is 18.4 Å². The number of benzene rings is 1. The zero-order chi connectivity index (χ0) is 18.5. The summed E-state index contributed by atoms with van der Waals surface area (Å²) in [6.07, 6.45) is -0.132. The van der Waals surface area contributed by atoms with Gasteiger partial charge in [0.15, 0.2) is 0 Å². The summed E-state index contributed by atoms with van der Waals surface area (Å²) in [5.41, 5.74) is 0.988. The molecule has 25 heavy (non-hydrogen) atoms. The van der Waals surface area contributed by atoms with Crippen molar-refractivity contribution in [3.05, 3.63) is 35.9 Å². The number of methoxy groups -OCH3 is 1. The molecule has 0 spiro atoms. The number of amides is 2. The molecular formula is C17H24N2O6. The summed E-state index contributed by atoms with van der Waals surface area (Å²) in [7, 11) is 2.99. The number of carbonyl (C=O) groups excluding carboxylic acids is 3. The maximum Gasteiger partial charge on any atom is 0.452 e. The highest BCUT2D eigenvalue weighted by Gasteiger charge is 2.15. The summed E-state index contributed by atoms with van der Waals surface area (Å²) in [5.74, 6) is -0.848. The molecule has 8 nitrogen and oxygen atoms in total. The highest BCUT2D eigenvalue weighted by atomic mass is 17.2. The molecule has 0 atom stereocenters. The molecule has 2 amide bonds. The van der Waals surface area contributed by atoms with Gasteiger partial charge in [-0.1, -0.05) is 30.3 Å². The molecule has 0 saturated carbocycles. The zero-order valence-electron chi connectivity index (χ0n) is 14.5. The van der Waals surface area contributed by atoms with E-state index in [2.05, 4.69) is 15.1 Å². The van der Waals surface area contributed by atoms with E-state index < -0.39 is 12.1 Å². The van der Waals surface area contributed by atoms with Crippen LogP contribution in [0.2, 0.25) is 0 Å². The van der Waals surface area contributed by atoms with Crippen molar-refractivity contribution < 1.29 is 28.9 Å². The van der Waals surface area contributed by atoms with Crippen LogP contribution in [0.3, 0.4) is 0 Å². The van der Waals surface area contributed by atoms with Crippen LogP contribution in [-0.2, 0) is 30.5 Å². The predicted octanol–water partition coefficient (Wildman–Crippen LogP) is 1.30. The summed E-state index contributed by atoms with van der Waals surface area (Å²) in [5, 5.41) is 2.63. The highest BCUT2D eigenvalue weighted by Crippen LogP contribution is 2.04. The second-order valence-electron chi connectivity index (χ2n) is 5.30. The van der Waals surface area contributed by atoms with Gasteiger partial charge in [0.05, 0.1) is 13.0 Å². The van der Waals surface area contributed by atoms with Crippen LogP contribution in [0.4, 0.5) is 4.79 Å². The quantitative estimate of drug-likeness (QED) is 0.409. The van der Waals surface area contributed by atoms with Crippen LogP contribution in [0.5, 0.6) is 0 Å². The van der Waals surface area contributed by atoms with E-state index in [1.54, 1.807) is 0 Å². The Morgan fingerprint density at radius 2 is 1.80 bits per heavy atom. The minimum atomic E-state index is -0.835. The van der Waals surface area contributed by atoms with Crippen LogP contribution in [-0.4, -0.2) is 56.7 Å². The summed E-state index contributed by atoms with van der Waals surface area (Å²) in [4.78, 5) is 44.8. The van der Waals surface area contributed by atoms with Crippen LogP contribution in [0, 0.1) is 0 Å². The topological polar surface area (TPSA) is 94.2 Å². The first-order chi connectivity index (χ1) is 12.0. The van der Waals surface area contributed by atoms with Gasteiger partial charge >= 0.3 is 12.1 Å². The first-order valence-corrected chi connectivity index (χ1v) is 7.95. The van der Waals surface area contributed by atoms with Crippen LogP contribution in [0.25, 0.3) is 0 Å². The van der Waals surface area contributed by atoms with Gasteiger partial charge in [0.25, 0.3) is 0 Å². The molecule has 0 aliphatic heterocycles. The molecule has 0 aliphatic rings. The maximum absolute atomic E-state index is 11.7. The Labute approximate surface area is 147 Å². The van der Waals surface area contributed by atoms with Crippen molar-refractivity contribution in [2.24, 2.45) is 0 Å². The second kappa shape index (κ2) is 11.9. The second-order valence-corrected chi connectivity index (χ2v) is 5.30. The largest absolute Gasteiger partial charge is 0.452 e. The van der Waals surface area contributed by atoms with E-state index >= 15 is 0 Å². The number of hydrogen-bond donors (Lipinski definition) is 1. The van der Waals surface area contributed by atoms with E-state index in [9.17, 15) is 14.4 Å². The van der Waals surface area contributed by atoms with Crippen LogP contribution in [0.15, 0.2) is 30.3 Å². The normalized spacial score (nSPS) is 10.0. The smallest absolute Gasteiger partial charge is 0.383 e. The number of carbonyl (C=O) groups is 3. The first-order valence-electron chi connectivity index (χ1n) is 7.95. The van der Waals surface area contributed by atoms with Gasteiger partial charge in [0.1, 0.15) is 0 Å². The molecule has 1 rings (SSSR count). The Hall–Kier alpha value is -2.61. The summed E-state index contributed by atoms with van der Waals surface area (Å²) >= 11 is 0. The summed E-state index contributed by atoms with van der Waals surface area (Å²) in [6.45, 7) is 0.963. The lowest BCUT2D eigenvalue weighted by molar-refractivity contribution is -0.236. The molecule has 0 saturated heterocycles. The Bertz CT molecular complexity index is 549. The average molecular weight is 352 g/mol. The molecular weight excluding hydrogens is 328 g/mol. The van der Waals surface area contributed by atoms with Gasteiger partial charge in [-0.2, -0.15) is 0 Å². The summed E-state index contributed by atoms with van der Waals surface area (Å²) in [6, 6.07) is 9.43. The monoisotopic (exact) mass is 352 g/mol. The Kier molecular flexibility index (Phi) is 9.69. The van der Waals surface area contributed by atoms with E-state index in [1.165, 1.54) is 14.2 Å². The average Bonchev–Trinajstić information content (AvgIpc) is 2.63. The van der Waals surface area contributed by atoms with E-state index in [0.29, 0.717) is 19.6 Å². The number of aryl methyl sites for hydroxylation is 1. The molecule has 0 fully saturated rings. The van der Waals surface area contributed by atoms with E-state index in [0.717, 1.165) is 10.5 Å². The van der Waals surface area contributed by atoms with Crippen molar-refractivity contribution >= 4 is 18.0 Å². The van der Waals surface area contributed by atoms with Gasteiger partial charge in [-0.05, 0) is 12.0 Å². The number of rotatable bonds is 9. The molecule has 0 heterocycles. The molecule has 8 heteroatoms. The van der Waals surface area contributed by atoms with Crippen molar-refractivity contribution in [2.45, 2.75) is 19.3 Å². The van der Waals surface area contributed by atoms with Crippen molar-refractivity contribution in [2.75, 3.05) is 33.9 Å². The number of nitrogens with one attached hydrogen (secondary N) is 1. The molecule has 1 N–H and O–H groups in total. The van der Waals surface area contributed by atoms with Crippen molar-refractivity contribution in [3.63, 3.8) is 0 Å². The van der Waals surface area contributed by atoms with Crippen molar-refractivity contribution in [3.8, 4) is 0 Å². The highest BCUT2D eigenvalue weighted by molar-refractivity contribution is 5.77. The minimum Gasteiger partial charge on any atom is -0.383 e. The van der Waals surface area contributed by atoms with Gasteiger partial charge in [-0.3, -0.25) is 4.79 Å². The third-order valence-electron chi connectivity index (χ3n) is 3.28. The van der Waals surface area contributed by atoms with Crippen LogP contribution >= 0.6 is 0 Å². The van der Waals surface area contributed by atoms with Crippen molar-refractivity contribution in [1.82, 2.24) is 10.2 Å². The van der Waals surface area contributed by atoms with Gasteiger partial charge in [-0.25, -0.2) is 19.4 Å². The standard InChI is InChI=1S/C17H24N2O6/c1-19(12-10-15(20)18-11-13-23-2)17(22)25-24-16(21)9-8-14-6-4-3-5-7-14/h3-7H,8-13H2,1-2H3,(H,18,20). The SMILES string of the molecule is COCCNC(=O)CCN(C)C(=O)OOC(=O)CCc1ccccc1. The van der Waals surface area contributed by atoms with E-state index in [-0.39, 0.29) is 25.3 Å². The maximum atomic E-state index is 11.7. The third-order valence-corrected chi connectivity index (χ3v) is 3.28. The third kappa shape index (κ3) is 9.31. The molecule has 0 aliphatic carbocycles. The first kappa shape index (κ1) is 20.4. The molecule has 1 aromatic carbocycles. The fourth-order valence-corrected chi connectivity index (χ4v) is 1.82. The molecule has 0 radical (unpaired) electrons. The van der Waals surface area contributed by atoms with Crippen LogP contribution < -0.4 is 5.32 Å². The Morgan fingerprint density at radius 3 is 2.48 bits per heavy atom. The Balaban J connectivity index is 2.17. The fourth-order valence-electron chi connectivity index (χ4n) is 1.82. The lowest BCUT2D eigenvalue weighted by Gasteiger charge is -2.15. The number of ether oxygens (including phenoxy) is 1. The molecule has 1 aromatic rings. The Morgan fingerprint density at radius 1 is 1.08 bits per heavy atom. The molecule has 0 aromatic heterocycles. The van der Waals surface area contributed by atoms with Gasteiger partial charge in [0, 0.05) is 33.7 Å². The van der Waals surface area contributed by atoms with Gasteiger partial charge in [-0.15, -0.1) is 0 Å². The summed E-state index contributed by atoms with van der Waals surface area (Å²) < 4.78 is 4.81. The lowest BCUT2D eigenvalue weighted by atomic mass is 10.1. The predicted molar refractivity (Wildman–Crippen MR) is 89.5 cm³/mol. The number of nitrogens with zero attached hydrogens (tertiary/aromatic N) is 1. The van der Waals surface area contributed by atoms with Crippen molar-refractivity contribution in [1.29, 1.82) is 0 Å². The lowest BCUT2D eigenvalue weighted by Crippen LogP contribution is -2.34. The molecule has 0 bridgehead atoms. The molecule has 0 unspecified atom stereocenters. The van der Waals surface area contributed by atoms with Gasteiger partial charge < -0.3 is 15.0 Å². The zero-order valence-corrected chi connectivity index (χ0v) is 14.5. The number of hydrogen-bond acceptors (Lipinski definition) is 6. The van der Waals surface area contributed by atoms with E-state index in [4.69, 9.17) is 4.74 Å². The minimum absolute atomic E-state index is 0.100. The van der Waals surface area contributed by atoms with E-state index in [1.807, 2.05) is 30.3 Å².